The highest BCUT2D eigenvalue weighted by atomic mass is 16.5. The van der Waals surface area contributed by atoms with E-state index in [0.717, 1.165) is 17.7 Å². The van der Waals surface area contributed by atoms with Gasteiger partial charge in [0.1, 0.15) is 6.10 Å². The van der Waals surface area contributed by atoms with Gasteiger partial charge in [-0.3, -0.25) is 0 Å². The Morgan fingerprint density at radius 2 is 1.83 bits per heavy atom. The molecule has 2 aromatic rings. The van der Waals surface area contributed by atoms with Crippen molar-refractivity contribution >= 4 is 11.7 Å². The monoisotopic (exact) mass is 321 g/mol. The van der Waals surface area contributed by atoms with Crippen LogP contribution in [0.2, 0.25) is 0 Å². The summed E-state index contributed by atoms with van der Waals surface area (Å²) in [6.45, 7) is 2.21. The van der Waals surface area contributed by atoms with Gasteiger partial charge < -0.3 is 10.1 Å². The Kier molecular flexibility index (Phi) is 5.32. The van der Waals surface area contributed by atoms with E-state index in [1.807, 2.05) is 36.4 Å². The minimum absolute atomic E-state index is 0.101. The number of anilines is 1. The lowest BCUT2D eigenvalue weighted by Gasteiger charge is -2.25. The number of unbranched alkanes of at least 4 members (excludes halogenated alkanes) is 1. The fourth-order valence-electron chi connectivity index (χ4n) is 2.91. The van der Waals surface area contributed by atoms with Crippen LogP contribution in [0.4, 0.5) is 5.69 Å². The van der Waals surface area contributed by atoms with E-state index in [2.05, 4.69) is 36.5 Å². The van der Waals surface area contributed by atoms with Crippen LogP contribution in [0.3, 0.4) is 0 Å². The second kappa shape index (κ2) is 7.82. The highest BCUT2D eigenvalue weighted by Gasteiger charge is 2.27. The standard InChI is InChI=1S/C21H23NO2/c1-2-3-7-16-10-12-18(13-11-16)22-21(17-8-5-4-6-9-17)19-14-15-20(23)24-19/h4-6,8-15,19,21-22H,2-3,7H2,1H3. The van der Waals surface area contributed by atoms with Crippen molar-refractivity contribution in [1.29, 1.82) is 0 Å². The molecule has 3 rings (SSSR count). The van der Waals surface area contributed by atoms with Gasteiger partial charge in [-0.2, -0.15) is 0 Å². The summed E-state index contributed by atoms with van der Waals surface area (Å²) in [6.07, 6.45) is 6.55. The van der Waals surface area contributed by atoms with E-state index in [0.29, 0.717) is 0 Å². The first-order chi connectivity index (χ1) is 11.8. The zero-order chi connectivity index (χ0) is 16.8. The highest BCUT2D eigenvalue weighted by Crippen LogP contribution is 2.28. The normalized spacial score (nSPS) is 17.5. The molecule has 24 heavy (non-hydrogen) atoms. The zero-order valence-electron chi connectivity index (χ0n) is 13.9. The van der Waals surface area contributed by atoms with Crippen LogP contribution in [-0.2, 0) is 16.0 Å². The van der Waals surface area contributed by atoms with Gasteiger partial charge in [0.15, 0.2) is 0 Å². The molecule has 2 aromatic carbocycles. The molecular weight excluding hydrogens is 298 g/mol. The molecule has 0 radical (unpaired) electrons. The number of cyclic esters (lactones) is 1. The molecule has 124 valence electrons. The summed E-state index contributed by atoms with van der Waals surface area (Å²) in [6, 6.07) is 18.5. The smallest absolute Gasteiger partial charge is 0.331 e. The Balaban J connectivity index is 1.76. The van der Waals surface area contributed by atoms with Crippen LogP contribution >= 0.6 is 0 Å². The minimum atomic E-state index is -0.292. The number of hydrogen-bond donors (Lipinski definition) is 1. The lowest BCUT2D eigenvalue weighted by molar-refractivity contribution is -0.139. The number of rotatable bonds is 7. The van der Waals surface area contributed by atoms with Gasteiger partial charge in [-0.1, -0.05) is 55.8 Å². The fraction of sp³-hybridized carbons (Fsp3) is 0.286. The predicted molar refractivity (Wildman–Crippen MR) is 96.9 cm³/mol. The van der Waals surface area contributed by atoms with Gasteiger partial charge in [-0.25, -0.2) is 4.79 Å². The molecule has 3 heteroatoms. The highest BCUT2D eigenvalue weighted by molar-refractivity contribution is 5.84. The predicted octanol–water partition coefficient (Wildman–Crippen LogP) is 4.66. The van der Waals surface area contributed by atoms with Crippen molar-refractivity contribution in [2.24, 2.45) is 0 Å². The topological polar surface area (TPSA) is 38.3 Å². The van der Waals surface area contributed by atoms with Gasteiger partial charge in [0.25, 0.3) is 0 Å². The third-order valence-corrected chi connectivity index (χ3v) is 4.26. The molecule has 0 fully saturated rings. The van der Waals surface area contributed by atoms with E-state index < -0.39 is 0 Å². The van der Waals surface area contributed by atoms with E-state index in [1.165, 1.54) is 24.5 Å². The maximum atomic E-state index is 11.4. The molecule has 0 amide bonds. The van der Waals surface area contributed by atoms with Crippen LogP contribution in [0, 0.1) is 0 Å². The van der Waals surface area contributed by atoms with E-state index in [9.17, 15) is 4.79 Å². The molecule has 0 aliphatic carbocycles. The maximum Gasteiger partial charge on any atom is 0.331 e. The molecule has 3 nitrogen and oxygen atoms in total. The van der Waals surface area contributed by atoms with E-state index in [1.54, 1.807) is 0 Å². The third-order valence-electron chi connectivity index (χ3n) is 4.26. The van der Waals surface area contributed by atoms with E-state index >= 15 is 0 Å². The molecule has 1 heterocycles. The van der Waals surface area contributed by atoms with Crippen molar-refractivity contribution < 1.29 is 9.53 Å². The van der Waals surface area contributed by atoms with Crippen molar-refractivity contribution in [3.05, 3.63) is 77.9 Å². The summed E-state index contributed by atoms with van der Waals surface area (Å²) in [4.78, 5) is 11.4. The first-order valence-corrected chi connectivity index (χ1v) is 8.55. The summed E-state index contributed by atoms with van der Waals surface area (Å²) >= 11 is 0. The number of benzene rings is 2. The minimum Gasteiger partial charge on any atom is -0.452 e. The lowest BCUT2D eigenvalue weighted by Crippen LogP contribution is -2.25. The number of ether oxygens (including phenoxy) is 1. The molecule has 1 N–H and O–H groups in total. The molecular formula is C21H23NO2. The van der Waals surface area contributed by atoms with Crippen molar-refractivity contribution in [1.82, 2.24) is 0 Å². The molecule has 0 aromatic heterocycles. The van der Waals surface area contributed by atoms with Gasteiger partial charge >= 0.3 is 5.97 Å². The quantitative estimate of drug-likeness (QED) is 0.754. The van der Waals surface area contributed by atoms with Crippen LogP contribution in [0.5, 0.6) is 0 Å². The first kappa shape index (κ1) is 16.3. The summed E-state index contributed by atoms with van der Waals surface area (Å²) < 4.78 is 5.41. The zero-order valence-corrected chi connectivity index (χ0v) is 13.9. The Morgan fingerprint density at radius 3 is 2.46 bits per heavy atom. The molecule has 0 saturated heterocycles. The molecule has 2 atom stereocenters. The largest absolute Gasteiger partial charge is 0.452 e. The number of carbonyl (C=O) groups excluding carboxylic acids is 1. The molecule has 0 saturated carbocycles. The number of esters is 1. The summed E-state index contributed by atoms with van der Waals surface area (Å²) in [5, 5.41) is 3.51. The first-order valence-electron chi connectivity index (χ1n) is 8.55. The molecule has 0 bridgehead atoms. The molecule has 1 aliphatic rings. The molecule has 1 aliphatic heterocycles. The second-order valence-electron chi connectivity index (χ2n) is 6.09. The van der Waals surface area contributed by atoms with Crippen LogP contribution in [0.15, 0.2) is 66.7 Å². The Hall–Kier alpha value is -2.55. The van der Waals surface area contributed by atoms with Gasteiger partial charge in [0.05, 0.1) is 6.04 Å². The fourth-order valence-corrected chi connectivity index (χ4v) is 2.91. The van der Waals surface area contributed by atoms with Crippen LogP contribution in [0.25, 0.3) is 0 Å². The summed E-state index contributed by atoms with van der Waals surface area (Å²) in [5.41, 5.74) is 3.48. The Bertz CT molecular complexity index is 692. The Labute approximate surface area is 143 Å². The average molecular weight is 321 g/mol. The average Bonchev–Trinajstić information content (AvgIpc) is 3.06. The number of carbonyl (C=O) groups is 1. The van der Waals surface area contributed by atoms with Crippen molar-refractivity contribution in [3.8, 4) is 0 Å². The lowest BCUT2D eigenvalue weighted by atomic mass is 10.0. The van der Waals surface area contributed by atoms with Gasteiger partial charge in [0.2, 0.25) is 0 Å². The molecule has 0 spiro atoms. The van der Waals surface area contributed by atoms with Gasteiger partial charge in [0, 0.05) is 11.8 Å². The van der Waals surface area contributed by atoms with Gasteiger partial charge in [-0.05, 0) is 42.2 Å². The molecule has 2 unspecified atom stereocenters. The van der Waals surface area contributed by atoms with Crippen molar-refractivity contribution in [3.63, 3.8) is 0 Å². The van der Waals surface area contributed by atoms with Crippen LogP contribution in [0.1, 0.15) is 36.9 Å². The third kappa shape index (κ3) is 4.05. The van der Waals surface area contributed by atoms with Crippen molar-refractivity contribution in [2.45, 2.75) is 38.3 Å². The summed E-state index contributed by atoms with van der Waals surface area (Å²) in [5.74, 6) is -0.280. The van der Waals surface area contributed by atoms with E-state index in [-0.39, 0.29) is 18.1 Å². The van der Waals surface area contributed by atoms with Crippen LogP contribution < -0.4 is 5.32 Å². The summed E-state index contributed by atoms with van der Waals surface area (Å²) in [7, 11) is 0. The van der Waals surface area contributed by atoms with Gasteiger partial charge in [-0.15, -0.1) is 0 Å². The van der Waals surface area contributed by atoms with Crippen LogP contribution in [-0.4, -0.2) is 12.1 Å². The maximum absolute atomic E-state index is 11.4. The number of nitrogens with one attached hydrogen (secondary N) is 1. The Morgan fingerprint density at radius 1 is 1.08 bits per heavy atom. The van der Waals surface area contributed by atoms with Crippen molar-refractivity contribution in [2.75, 3.05) is 5.32 Å². The number of hydrogen-bond acceptors (Lipinski definition) is 3. The second-order valence-corrected chi connectivity index (χ2v) is 6.09. The van der Waals surface area contributed by atoms with E-state index in [4.69, 9.17) is 4.74 Å². The SMILES string of the molecule is CCCCc1ccc(NC(c2ccccc2)C2C=CC(=O)O2)cc1. The number of aryl methyl sites for hydroxylation is 1.